The van der Waals surface area contributed by atoms with Crippen molar-refractivity contribution in [2.75, 3.05) is 0 Å². The van der Waals surface area contributed by atoms with Crippen molar-refractivity contribution < 1.29 is 9.47 Å². The number of rotatable bonds is 8. The zero-order valence-corrected chi connectivity index (χ0v) is 21.1. The van der Waals surface area contributed by atoms with E-state index >= 15 is 0 Å². The quantitative estimate of drug-likeness (QED) is 0.262. The standard InChI is InChI=1S/C31H36O2S/c1-2-29(34)24-15-18-26(19-16-24)32-30(33-28-20-17-23-11-7-8-14-27(23)28)31(21-9-4-10-22-31)25-12-5-3-6-13-25/h3,5-8,11-16,18-19,28-30,34H,2,4,9-10,17,20-22H2,1H3. The van der Waals surface area contributed by atoms with E-state index in [-0.39, 0.29) is 23.1 Å². The molecule has 2 aliphatic rings. The van der Waals surface area contributed by atoms with Crippen molar-refractivity contribution in [3.8, 4) is 5.75 Å². The van der Waals surface area contributed by atoms with Gasteiger partial charge < -0.3 is 9.47 Å². The van der Waals surface area contributed by atoms with Crippen LogP contribution in [0.1, 0.15) is 85.5 Å². The van der Waals surface area contributed by atoms with Gasteiger partial charge in [0, 0.05) is 5.25 Å². The maximum Gasteiger partial charge on any atom is 0.210 e. The minimum absolute atomic E-state index is 0.0740. The van der Waals surface area contributed by atoms with Crippen molar-refractivity contribution in [1.29, 1.82) is 0 Å². The summed E-state index contributed by atoms with van der Waals surface area (Å²) in [5.74, 6) is 0.873. The fourth-order valence-electron chi connectivity index (χ4n) is 5.82. The molecular formula is C31H36O2S. The van der Waals surface area contributed by atoms with Gasteiger partial charge in [-0.1, -0.05) is 92.9 Å². The molecule has 0 spiro atoms. The van der Waals surface area contributed by atoms with Gasteiger partial charge in [-0.3, -0.25) is 0 Å². The number of ether oxygens (including phenoxy) is 2. The Hall–Kier alpha value is -2.23. The van der Waals surface area contributed by atoms with Crippen LogP contribution >= 0.6 is 12.6 Å². The Morgan fingerprint density at radius 3 is 2.32 bits per heavy atom. The van der Waals surface area contributed by atoms with Crippen LogP contribution in [-0.4, -0.2) is 6.29 Å². The largest absolute Gasteiger partial charge is 0.464 e. The third kappa shape index (κ3) is 4.78. The van der Waals surface area contributed by atoms with Crippen molar-refractivity contribution in [1.82, 2.24) is 0 Å². The minimum atomic E-state index is -0.338. The van der Waals surface area contributed by atoms with Crippen LogP contribution in [0.3, 0.4) is 0 Å². The SMILES string of the molecule is CCC(S)c1ccc(OC(OC2CCc3ccccc32)C2(c3ccccc3)CCCCC2)cc1. The van der Waals surface area contributed by atoms with E-state index in [0.717, 1.165) is 37.9 Å². The molecule has 0 heterocycles. The van der Waals surface area contributed by atoms with E-state index in [1.54, 1.807) is 0 Å². The van der Waals surface area contributed by atoms with Crippen molar-refractivity contribution in [2.45, 2.75) is 81.3 Å². The molecule has 1 fully saturated rings. The van der Waals surface area contributed by atoms with E-state index in [9.17, 15) is 0 Å². The average Bonchev–Trinajstić information content (AvgIpc) is 3.32. The number of hydrogen-bond acceptors (Lipinski definition) is 3. The van der Waals surface area contributed by atoms with E-state index in [2.05, 4.69) is 85.8 Å². The predicted molar refractivity (Wildman–Crippen MR) is 143 cm³/mol. The van der Waals surface area contributed by atoms with Crippen LogP contribution in [0.5, 0.6) is 5.75 Å². The van der Waals surface area contributed by atoms with Gasteiger partial charge in [-0.15, -0.1) is 0 Å². The summed E-state index contributed by atoms with van der Waals surface area (Å²) in [5.41, 5.74) is 5.16. The Bertz CT molecular complexity index is 1060. The van der Waals surface area contributed by atoms with E-state index in [1.165, 1.54) is 41.5 Å². The second-order valence-electron chi connectivity index (χ2n) is 9.89. The van der Waals surface area contributed by atoms with E-state index in [0.29, 0.717) is 0 Å². The van der Waals surface area contributed by atoms with Crippen LogP contribution in [0.2, 0.25) is 0 Å². The van der Waals surface area contributed by atoms with Crippen LogP contribution in [0.15, 0.2) is 78.9 Å². The Labute approximate surface area is 210 Å². The van der Waals surface area contributed by atoms with E-state index in [1.807, 2.05) is 0 Å². The fourth-order valence-corrected chi connectivity index (χ4v) is 5.99. The molecule has 0 radical (unpaired) electrons. The molecule has 0 bridgehead atoms. The molecule has 0 aromatic heterocycles. The molecule has 3 atom stereocenters. The first-order valence-electron chi connectivity index (χ1n) is 12.9. The molecule has 3 heteroatoms. The summed E-state index contributed by atoms with van der Waals surface area (Å²) in [6.45, 7) is 2.16. The number of thiol groups is 1. The summed E-state index contributed by atoms with van der Waals surface area (Å²) in [6, 6.07) is 28.1. The lowest BCUT2D eigenvalue weighted by molar-refractivity contribution is -0.169. The summed E-state index contributed by atoms with van der Waals surface area (Å²) in [7, 11) is 0. The molecule has 34 heavy (non-hydrogen) atoms. The topological polar surface area (TPSA) is 18.5 Å². The first-order valence-corrected chi connectivity index (χ1v) is 13.4. The third-order valence-electron chi connectivity index (χ3n) is 7.81. The van der Waals surface area contributed by atoms with Gasteiger partial charge in [0.25, 0.3) is 0 Å². The fraction of sp³-hybridized carbons (Fsp3) is 0.419. The Kier molecular flexibility index (Phi) is 7.32. The van der Waals surface area contributed by atoms with Gasteiger partial charge in [0.05, 0.1) is 11.5 Å². The van der Waals surface area contributed by atoms with Gasteiger partial charge in [-0.05, 0) is 66.5 Å². The van der Waals surface area contributed by atoms with Crippen LogP contribution < -0.4 is 4.74 Å². The Balaban J connectivity index is 1.50. The molecular weight excluding hydrogens is 436 g/mol. The second-order valence-corrected chi connectivity index (χ2v) is 10.5. The lowest BCUT2D eigenvalue weighted by Gasteiger charge is -2.44. The van der Waals surface area contributed by atoms with Crippen LogP contribution in [0.4, 0.5) is 0 Å². The zero-order chi connectivity index (χ0) is 23.4. The number of fused-ring (bicyclic) bond motifs is 1. The maximum atomic E-state index is 7.00. The van der Waals surface area contributed by atoms with Crippen LogP contribution in [-0.2, 0) is 16.6 Å². The van der Waals surface area contributed by atoms with E-state index < -0.39 is 0 Å². The van der Waals surface area contributed by atoms with Gasteiger partial charge in [-0.2, -0.15) is 12.6 Å². The normalized spacial score (nSPS) is 20.9. The highest BCUT2D eigenvalue weighted by Gasteiger charge is 2.45. The molecule has 0 N–H and O–H groups in total. The van der Waals surface area contributed by atoms with Crippen LogP contribution in [0.25, 0.3) is 0 Å². The Morgan fingerprint density at radius 1 is 0.882 bits per heavy atom. The smallest absolute Gasteiger partial charge is 0.210 e. The highest BCUT2D eigenvalue weighted by Crippen LogP contribution is 2.47. The number of hydrogen-bond donors (Lipinski definition) is 1. The van der Waals surface area contributed by atoms with E-state index in [4.69, 9.17) is 22.1 Å². The summed E-state index contributed by atoms with van der Waals surface area (Å²) >= 11 is 4.71. The highest BCUT2D eigenvalue weighted by molar-refractivity contribution is 7.80. The third-order valence-corrected chi connectivity index (χ3v) is 8.47. The maximum absolute atomic E-state index is 7.00. The van der Waals surface area contributed by atoms with Gasteiger partial charge >= 0.3 is 0 Å². The Morgan fingerprint density at radius 2 is 1.59 bits per heavy atom. The summed E-state index contributed by atoms with van der Waals surface area (Å²) in [6.07, 6.45) is 8.69. The molecule has 3 unspecified atom stereocenters. The van der Waals surface area contributed by atoms with Crippen molar-refractivity contribution >= 4 is 12.6 Å². The van der Waals surface area contributed by atoms with Gasteiger partial charge in [0.15, 0.2) is 0 Å². The van der Waals surface area contributed by atoms with Crippen molar-refractivity contribution in [2.24, 2.45) is 0 Å². The summed E-state index contributed by atoms with van der Waals surface area (Å²) in [4.78, 5) is 0. The molecule has 5 rings (SSSR count). The summed E-state index contributed by atoms with van der Waals surface area (Å²) < 4.78 is 13.8. The summed E-state index contributed by atoms with van der Waals surface area (Å²) in [5, 5.41) is 0.255. The highest BCUT2D eigenvalue weighted by atomic mass is 32.1. The molecule has 3 aromatic rings. The van der Waals surface area contributed by atoms with Crippen molar-refractivity contribution in [3.05, 3.63) is 101 Å². The van der Waals surface area contributed by atoms with Crippen LogP contribution in [0, 0.1) is 0 Å². The van der Waals surface area contributed by atoms with Gasteiger partial charge in [0.1, 0.15) is 5.75 Å². The predicted octanol–water partition coefficient (Wildman–Crippen LogP) is 8.38. The second kappa shape index (κ2) is 10.6. The molecule has 0 aliphatic heterocycles. The molecule has 0 amide bonds. The zero-order valence-electron chi connectivity index (χ0n) is 20.2. The molecule has 2 nitrogen and oxygen atoms in total. The van der Waals surface area contributed by atoms with Gasteiger partial charge in [0.2, 0.25) is 6.29 Å². The molecule has 178 valence electrons. The average molecular weight is 473 g/mol. The monoisotopic (exact) mass is 472 g/mol. The first kappa shape index (κ1) is 23.5. The number of benzene rings is 3. The van der Waals surface area contributed by atoms with Crippen molar-refractivity contribution in [3.63, 3.8) is 0 Å². The lowest BCUT2D eigenvalue weighted by atomic mass is 9.68. The van der Waals surface area contributed by atoms with Gasteiger partial charge in [-0.25, -0.2) is 0 Å². The molecule has 2 aliphatic carbocycles. The molecule has 1 saturated carbocycles. The molecule has 0 saturated heterocycles. The first-order chi connectivity index (χ1) is 16.7. The minimum Gasteiger partial charge on any atom is -0.464 e. The lowest BCUT2D eigenvalue weighted by Crippen LogP contribution is -2.47. The number of aryl methyl sites for hydroxylation is 1. The molecule has 3 aromatic carbocycles.